The Morgan fingerprint density at radius 3 is 2.40 bits per heavy atom. The molecule has 2 nitrogen and oxygen atoms in total. The average Bonchev–Trinajstić information content (AvgIpc) is 2.48. The van der Waals surface area contributed by atoms with Crippen LogP contribution < -0.4 is 5.32 Å². The molecule has 0 fully saturated rings. The van der Waals surface area contributed by atoms with Gasteiger partial charge in [0.05, 0.1) is 6.61 Å². The van der Waals surface area contributed by atoms with Crippen LogP contribution in [0.3, 0.4) is 0 Å². The number of hydrogen-bond acceptors (Lipinski definition) is 2. The van der Waals surface area contributed by atoms with Gasteiger partial charge in [-0.05, 0) is 43.5 Å². The van der Waals surface area contributed by atoms with Crippen molar-refractivity contribution < 1.29 is 5.11 Å². The smallest absolute Gasteiger partial charge is 0.0681 e. The average molecular weight is 269 g/mol. The van der Waals surface area contributed by atoms with Crippen LogP contribution in [0.15, 0.2) is 48.5 Å². The van der Waals surface area contributed by atoms with Gasteiger partial charge in [-0.1, -0.05) is 54.1 Å². The van der Waals surface area contributed by atoms with Crippen molar-refractivity contribution in [2.45, 2.75) is 32.9 Å². The Labute approximate surface area is 121 Å². The molecule has 106 valence electrons. The third-order valence-electron chi connectivity index (χ3n) is 3.61. The molecule has 0 heterocycles. The van der Waals surface area contributed by atoms with Crippen molar-refractivity contribution in [3.63, 3.8) is 0 Å². The van der Waals surface area contributed by atoms with Gasteiger partial charge in [-0.25, -0.2) is 0 Å². The zero-order valence-electron chi connectivity index (χ0n) is 12.3. The van der Waals surface area contributed by atoms with Gasteiger partial charge in [0.15, 0.2) is 0 Å². The Morgan fingerprint density at radius 2 is 1.75 bits per heavy atom. The summed E-state index contributed by atoms with van der Waals surface area (Å²) in [5.74, 6) is 0. The van der Waals surface area contributed by atoms with Gasteiger partial charge in [0.1, 0.15) is 0 Å². The summed E-state index contributed by atoms with van der Waals surface area (Å²) in [7, 11) is 0. The number of aryl methyl sites for hydroxylation is 1. The van der Waals surface area contributed by atoms with Gasteiger partial charge < -0.3 is 10.4 Å². The maximum Gasteiger partial charge on any atom is 0.0681 e. The first-order valence-electron chi connectivity index (χ1n) is 7.17. The van der Waals surface area contributed by atoms with E-state index in [2.05, 4.69) is 55.6 Å². The first kappa shape index (κ1) is 14.8. The van der Waals surface area contributed by atoms with E-state index >= 15 is 0 Å². The lowest BCUT2D eigenvalue weighted by atomic mass is 10.1. The van der Waals surface area contributed by atoms with Crippen LogP contribution in [0.25, 0.3) is 0 Å². The Kier molecular flexibility index (Phi) is 5.33. The summed E-state index contributed by atoms with van der Waals surface area (Å²) < 4.78 is 0. The second kappa shape index (κ2) is 7.22. The summed E-state index contributed by atoms with van der Waals surface area (Å²) >= 11 is 0. The summed E-state index contributed by atoms with van der Waals surface area (Å²) in [4.78, 5) is 0. The molecule has 0 aliphatic rings. The SMILES string of the molecule is Cc1cccc(C(C)NCCc2ccc(CO)cc2)c1. The van der Waals surface area contributed by atoms with E-state index in [0.717, 1.165) is 18.5 Å². The topological polar surface area (TPSA) is 32.3 Å². The van der Waals surface area contributed by atoms with Crippen LogP contribution in [0.4, 0.5) is 0 Å². The van der Waals surface area contributed by atoms with Crippen molar-refractivity contribution in [3.8, 4) is 0 Å². The Bertz CT molecular complexity index is 533. The number of hydrogen-bond donors (Lipinski definition) is 2. The minimum Gasteiger partial charge on any atom is -0.392 e. The number of aliphatic hydroxyl groups is 1. The fourth-order valence-corrected chi connectivity index (χ4v) is 2.30. The van der Waals surface area contributed by atoms with E-state index in [1.165, 1.54) is 16.7 Å². The highest BCUT2D eigenvalue weighted by Gasteiger charge is 2.04. The van der Waals surface area contributed by atoms with Crippen LogP contribution in [0, 0.1) is 6.92 Å². The second-order valence-corrected chi connectivity index (χ2v) is 5.31. The van der Waals surface area contributed by atoms with Crippen molar-refractivity contribution in [1.82, 2.24) is 5.32 Å². The molecule has 1 atom stereocenters. The van der Waals surface area contributed by atoms with E-state index in [0.29, 0.717) is 6.04 Å². The van der Waals surface area contributed by atoms with E-state index in [1.807, 2.05) is 12.1 Å². The van der Waals surface area contributed by atoms with Crippen molar-refractivity contribution in [2.24, 2.45) is 0 Å². The van der Waals surface area contributed by atoms with Crippen LogP contribution in [0.2, 0.25) is 0 Å². The van der Waals surface area contributed by atoms with Gasteiger partial charge in [-0.2, -0.15) is 0 Å². The molecule has 0 saturated carbocycles. The Hall–Kier alpha value is -1.64. The molecule has 2 rings (SSSR count). The lowest BCUT2D eigenvalue weighted by Gasteiger charge is -2.15. The second-order valence-electron chi connectivity index (χ2n) is 5.31. The monoisotopic (exact) mass is 269 g/mol. The molecule has 0 aliphatic heterocycles. The van der Waals surface area contributed by atoms with Gasteiger partial charge >= 0.3 is 0 Å². The van der Waals surface area contributed by atoms with Crippen molar-refractivity contribution >= 4 is 0 Å². The summed E-state index contributed by atoms with van der Waals surface area (Å²) in [6, 6.07) is 17.1. The van der Waals surface area contributed by atoms with Crippen LogP contribution in [0.1, 0.15) is 35.2 Å². The molecular weight excluding hydrogens is 246 g/mol. The van der Waals surface area contributed by atoms with Crippen LogP contribution >= 0.6 is 0 Å². The van der Waals surface area contributed by atoms with Crippen molar-refractivity contribution in [1.29, 1.82) is 0 Å². The lowest BCUT2D eigenvalue weighted by molar-refractivity contribution is 0.282. The molecule has 0 spiro atoms. The van der Waals surface area contributed by atoms with Crippen molar-refractivity contribution in [2.75, 3.05) is 6.54 Å². The maximum absolute atomic E-state index is 9.01. The molecule has 2 aromatic rings. The molecule has 0 saturated heterocycles. The zero-order chi connectivity index (χ0) is 14.4. The highest BCUT2D eigenvalue weighted by molar-refractivity contribution is 5.25. The third kappa shape index (κ3) is 4.19. The summed E-state index contributed by atoms with van der Waals surface area (Å²) in [5, 5.41) is 12.6. The van der Waals surface area contributed by atoms with Gasteiger partial charge in [0, 0.05) is 6.04 Å². The van der Waals surface area contributed by atoms with Gasteiger partial charge in [0.25, 0.3) is 0 Å². The van der Waals surface area contributed by atoms with E-state index < -0.39 is 0 Å². The molecule has 2 aromatic carbocycles. The maximum atomic E-state index is 9.01. The summed E-state index contributed by atoms with van der Waals surface area (Å²) in [5.41, 5.74) is 4.90. The van der Waals surface area contributed by atoms with E-state index in [9.17, 15) is 0 Å². The quantitative estimate of drug-likeness (QED) is 0.842. The van der Waals surface area contributed by atoms with Crippen LogP contribution in [-0.4, -0.2) is 11.7 Å². The molecule has 0 aromatic heterocycles. The predicted molar refractivity (Wildman–Crippen MR) is 83.7 cm³/mol. The summed E-state index contributed by atoms with van der Waals surface area (Å²) in [6.07, 6.45) is 1.00. The van der Waals surface area contributed by atoms with Crippen molar-refractivity contribution in [3.05, 3.63) is 70.8 Å². The molecule has 0 bridgehead atoms. The number of benzene rings is 2. The molecule has 0 amide bonds. The standard InChI is InChI=1S/C18H23NO/c1-14-4-3-5-18(12-14)15(2)19-11-10-16-6-8-17(13-20)9-7-16/h3-9,12,15,19-20H,10-11,13H2,1-2H3. The fraction of sp³-hybridized carbons (Fsp3) is 0.333. The molecule has 0 aliphatic carbocycles. The molecule has 1 unspecified atom stereocenters. The number of nitrogens with one attached hydrogen (secondary N) is 1. The minimum atomic E-state index is 0.114. The van der Waals surface area contributed by atoms with Gasteiger partial charge in [-0.15, -0.1) is 0 Å². The van der Waals surface area contributed by atoms with E-state index in [1.54, 1.807) is 0 Å². The molecule has 2 N–H and O–H groups in total. The molecule has 2 heteroatoms. The largest absolute Gasteiger partial charge is 0.392 e. The predicted octanol–water partition coefficient (Wildman–Crippen LogP) is 3.38. The fourth-order valence-electron chi connectivity index (χ4n) is 2.30. The zero-order valence-corrected chi connectivity index (χ0v) is 12.3. The molecule has 0 radical (unpaired) electrons. The van der Waals surface area contributed by atoms with Gasteiger partial charge in [0.2, 0.25) is 0 Å². The molecular formula is C18H23NO. The highest BCUT2D eigenvalue weighted by atomic mass is 16.3. The lowest BCUT2D eigenvalue weighted by Crippen LogP contribution is -2.21. The number of rotatable bonds is 6. The number of aliphatic hydroxyl groups excluding tert-OH is 1. The highest BCUT2D eigenvalue weighted by Crippen LogP contribution is 2.13. The van der Waals surface area contributed by atoms with Crippen LogP contribution in [0.5, 0.6) is 0 Å². The summed E-state index contributed by atoms with van der Waals surface area (Å²) in [6.45, 7) is 5.39. The minimum absolute atomic E-state index is 0.114. The third-order valence-corrected chi connectivity index (χ3v) is 3.61. The Morgan fingerprint density at radius 1 is 1.05 bits per heavy atom. The first-order chi connectivity index (χ1) is 9.69. The molecule has 20 heavy (non-hydrogen) atoms. The van der Waals surface area contributed by atoms with E-state index in [4.69, 9.17) is 5.11 Å². The van der Waals surface area contributed by atoms with E-state index in [-0.39, 0.29) is 6.61 Å². The first-order valence-corrected chi connectivity index (χ1v) is 7.17. The normalized spacial score (nSPS) is 12.3. The van der Waals surface area contributed by atoms with Gasteiger partial charge in [-0.3, -0.25) is 0 Å². The Balaban J connectivity index is 1.82. The van der Waals surface area contributed by atoms with Crippen LogP contribution in [-0.2, 0) is 13.0 Å².